The molecule has 1 aliphatic carbocycles. The second-order valence-electron chi connectivity index (χ2n) is 13.7. The first-order chi connectivity index (χ1) is 22.0. The molecule has 0 spiro atoms. The largest absolute Gasteiger partial charge is 0.474 e. The van der Waals surface area contributed by atoms with E-state index in [1.54, 1.807) is 60.6 Å². The highest BCUT2D eigenvalue weighted by Gasteiger charge is 2.33. The first-order valence-electron chi connectivity index (χ1n) is 15.5. The van der Waals surface area contributed by atoms with Crippen LogP contribution in [0.25, 0.3) is 21.9 Å². The SMILES string of the molecule is Cc1c(-c2cc3cc(NC(=O)N[C@@H]4CCC[C@@H]4O)ncc3c(NC(=O)OC(C)(C)C)c2F)cnc2c1N(C(=O)OC(C)(C)C)CCO2. The number of nitrogens with one attached hydrogen (secondary N) is 3. The summed E-state index contributed by atoms with van der Waals surface area (Å²) < 4.78 is 33.3. The molecule has 1 aliphatic heterocycles. The Morgan fingerprint density at radius 1 is 1.00 bits per heavy atom. The van der Waals surface area contributed by atoms with Gasteiger partial charge in [-0.05, 0) is 90.8 Å². The third kappa shape index (κ3) is 7.64. The Balaban J connectivity index is 1.59. The molecule has 3 heterocycles. The second-order valence-corrected chi connectivity index (χ2v) is 13.7. The molecular formula is C33H41FN6O7. The van der Waals surface area contributed by atoms with Crippen molar-refractivity contribution in [2.45, 2.75) is 91.1 Å². The number of carbonyl (C=O) groups excluding carboxylic acids is 3. The minimum Gasteiger partial charge on any atom is -0.474 e. The molecule has 0 unspecified atom stereocenters. The monoisotopic (exact) mass is 652 g/mol. The third-order valence-electron chi connectivity index (χ3n) is 7.62. The molecule has 0 radical (unpaired) electrons. The van der Waals surface area contributed by atoms with Gasteiger partial charge in [-0.2, -0.15) is 0 Å². The van der Waals surface area contributed by atoms with E-state index >= 15 is 4.39 Å². The van der Waals surface area contributed by atoms with Crippen molar-refractivity contribution in [3.63, 3.8) is 0 Å². The van der Waals surface area contributed by atoms with Crippen LogP contribution >= 0.6 is 0 Å². The molecule has 252 valence electrons. The van der Waals surface area contributed by atoms with Crippen LogP contribution < -0.4 is 25.6 Å². The number of amides is 4. The van der Waals surface area contributed by atoms with E-state index in [2.05, 4.69) is 25.9 Å². The molecule has 47 heavy (non-hydrogen) atoms. The molecule has 2 atom stereocenters. The van der Waals surface area contributed by atoms with Gasteiger partial charge in [-0.3, -0.25) is 15.5 Å². The van der Waals surface area contributed by atoms with E-state index in [-0.39, 0.29) is 47.5 Å². The van der Waals surface area contributed by atoms with Crippen molar-refractivity contribution in [2.75, 3.05) is 28.7 Å². The van der Waals surface area contributed by atoms with Crippen molar-refractivity contribution in [1.29, 1.82) is 0 Å². The summed E-state index contributed by atoms with van der Waals surface area (Å²) >= 11 is 0. The number of aliphatic hydroxyl groups excluding tert-OH is 1. The van der Waals surface area contributed by atoms with Crippen LogP contribution in [0.3, 0.4) is 0 Å². The number of fused-ring (bicyclic) bond motifs is 2. The van der Waals surface area contributed by atoms with Gasteiger partial charge in [-0.25, -0.2) is 28.7 Å². The summed E-state index contributed by atoms with van der Waals surface area (Å²) in [6, 6.07) is 2.17. The molecule has 1 fully saturated rings. The number of pyridine rings is 2. The number of halogens is 1. The van der Waals surface area contributed by atoms with E-state index in [9.17, 15) is 19.5 Å². The zero-order valence-electron chi connectivity index (χ0n) is 27.6. The molecule has 0 bridgehead atoms. The number of aliphatic hydroxyl groups is 1. The molecule has 4 amide bonds. The van der Waals surface area contributed by atoms with Crippen molar-refractivity contribution in [3.8, 4) is 17.0 Å². The lowest BCUT2D eigenvalue weighted by Gasteiger charge is -2.32. The number of anilines is 3. The maximum Gasteiger partial charge on any atom is 0.415 e. The fourth-order valence-electron chi connectivity index (χ4n) is 5.60. The minimum atomic E-state index is -0.878. The molecule has 13 nitrogen and oxygen atoms in total. The summed E-state index contributed by atoms with van der Waals surface area (Å²) in [5, 5.41) is 18.7. The smallest absolute Gasteiger partial charge is 0.415 e. The van der Waals surface area contributed by atoms with Gasteiger partial charge in [-0.1, -0.05) is 0 Å². The average Bonchev–Trinajstić information content (AvgIpc) is 3.36. The molecule has 3 aromatic rings. The summed E-state index contributed by atoms with van der Waals surface area (Å²) in [4.78, 5) is 48.9. The number of benzene rings is 1. The second kappa shape index (κ2) is 12.8. The summed E-state index contributed by atoms with van der Waals surface area (Å²) in [7, 11) is 0. The minimum absolute atomic E-state index is 0.0572. The number of hydrogen-bond donors (Lipinski definition) is 4. The molecule has 1 saturated carbocycles. The topological polar surface area (TPSA) is 164 Å². The van der Waals surface area contributed by atoms with Crippen LogP contribution in [0, 0.1) is 12.7 Å². The standard InChI is InChI=1S/C33H41FN6O7/c1-17-20(15-36-28-27(17)40(11-12-45-28)31(44)47-33(5,6)7)19-13-18-14-24(38-29(42)37-22-9-8-10-23(22)41)35-16-21(18)26(25(19)34)39-30(43)46-32(2,3)4/h13-16,22-23,41H,8-12H2,1-7H3,(H,39,43)(H2,35,37,38,42)/t22-,23+/m1/s1. The molecular weight excluding hydrogens is 611 g/mol. The van der Waals surface area contributed by atoms with Gasteiger partial charge in [-0.15, -0.1) is 0 Å². The normalized spacial score (nSPS) is 17.9. The Morgan fingerprint density at radius 2 is 1.72 bits per heavy atom. The van der Waals surface area contributed by atoms with Gasteiger partial charge in [0.1, 0.15) is 29.3 Å². The van der Waals surface area contributed by atoms with E-state index in [0.29, 0.717) is 35.0 Å². The molecule has 5 rings (SSSR count). The lowest BCUT2D eigenvalue weighted by molar-refractivity contribution is 0.0564. The van der Waals surface area contributed by atoms with Crippen molar-refractivity contribution >= 4 is 46.2 Å². The molecule has 14 heteroatoms. The van der Waals surface area contributed by atoms with Gasteiger partial charge in [0, 0.05) is 28.9 Å². The highest BCUT2D eigenvalue weighted by Crippen LogP contribution is 2.42. The fourth-order valence-corrected chi connectivity index (χ4v) is 5.60. The lowest BCUT2D eigenvalue weighted by atomic mass is 9.96. The first kappa shape index (κ1) is 33.6. The Hall–Kier alpha value is -4.72. The first-order valence-corrected chi connectivity index (χ1v) is 15.5. The lowest BCUT2D eigenvalue weighted by Crippen LogP contribution is -2.42. The predicted octanol–water partition coefficient (Wildman–Crippen LogP) is 6.26. The average molecular weight is 653 g/mol. The van der Waals surface area contributed by atoms with E-state index < -0.39 is 41.3 Å². The number of ether oxygens (including phenoxy) is 3. The van der Waals surface area contributed by atoms with Crippen molar-refractivity contribution in [1.82, 2.24) is 15.3 Å². The summed E-state index contributed by atoms with van der Waals surface area (Å²) in [6.45, 7) is 12.5. The summed E-state index contributed by atoms with van der Waals surface area (Å²) in [5.74, 6) is -0.428. The van der Waals surface area contributed by atoms with Crippen molar-refractivity contribution < 1.29 is 38.1 Å². The molecule has 1 aromatic carbocycles. The summed E-state index contributed by atoms with van der Waals surface area (Å²) in [6.07, 6.45) is 2.76. The van der Waals surface area contributed by atoms with E-state index in [1.807, 2.05) is 0 Å². The number of aromatic nitrogens is 2. The zero-order valence-corrected chi connectivity index (χ0v) is 27.6. The Labute approximate surface area is 272 Å². The maximum atomic E-state index is 16.6. The zero-order chi connectivity index (χ0) is 34.3. The van der Waals surface area contributed by atoms with Crippen LogP contribution in [-0.2, 0) is 9.47 Å². The van der Waals surface area contributed by atoms with Crippen LogP contribution in [0.1, 0.15) is 66.4 Å². The van der Waals surface area contributed by atoms with Gasteiger partial charge in [0.05, 0.1) is 24.4 Å². The van der Waals surface area contributed by atoms with Crippen LogP contribution in [0.5, 0.6) is 5.88 Å². The fraction of sp³-hybridized carbons (Fsp3) is 0.485. The third-order valence-corrected chi connectivity index (χ3v) is 7.62. The highest BCUT2D eigenvalue weighted by molar-refractivity contribution is 6.05. The molecule has 2 aromatic heterocycles. The van der Waals surface area contributed by atoms with Gasteiger partial charge in [0.25, 0.3) is 0 Å². The Kier molecular flexibility index (Phi) is 9.18. The number of carbonyl (C=O) groups is 3. The molecule has 0 saturated heterocycles. The van der Waals surface area contributed by atoms with Crippen molar-refractivity contribution in [3.05, 3.63) is 35.9 Å². The van der Waals surface area contributed by atoms with Crippen LogP contribution in [0.4, 0.5) is 36.0 Å². The van der Waals surface area contributed by atoms with E-state index in [0.717, 1.165) is 6.42 Å². The van der Waals surface area contributed by atoms with Crippen molar-refractivity contribution in [2.24, 2.45) is 0 Å². The Bertz CT molecular complexity index is 1720. The van der Waals surface area contributed by atoms with Gasteiger partial charge in [0.15, 0.2) is 5.82 Å². The predicted molar refractivity (Wildman–Crippen MR) is 174 cm³/mol. The Morgan fingerprint density at radius 3 is 2.38 bits per heavy atom. The van der Waals surface area contributed by atoms with Gasteiger partial charge < -0.3 is 24.6 Å². The van der Waals surface area contributed by atoms with E-state index in [4.69, 9.17) is 14.2 Å². The van der Waals surface area contributed by atoms with Gasteiger partial charge >= 0.3 is 18.2 Å². The summed E-state index contributed by atoms with van der Waals surface area (Å²) in [5.41, 5.74) is -0.587. The molecule has 4 N–H and O–H groups in total. The quantitative estimate of drug-likeness (QED) is 0.255. The molecule has 2 aliphatic rings. The number of urea groups is 1. The van der Waals surface area contributed by atoms with Crippen LogP contribution in [-0.4, -0.2) is 69.8 Å². The van der Waals surface area contributed by atoms with Gasteiger partial charge in [0.2, 0.25) is 5.88 Å². The van der Waals surface area contributed by atoms with Crippen LogP contribution in [0.2, 0.25) is 0 Å². The number of nitrogens with zero attached hydrogens (tertiary/aromatic N) is 3. The number of rotatable bonds is 4. The van der Waals surface area contributed by atoms with Crippen LogP contribution in [0.15, 0.2) is 24.5 Å². The maximum absolute atomic E-state index is 16.6. The van der Waals surface area contributed by atoms with E-state index in [1.165, 1.54) is 17.3 Å². The highest BCUT2D eigenvalue weighted by atomic mass is 19.1. The number of hydrogen-bond acceptors (Lipinski definition) is 9.